The van der Waals surface area contributed by atoms with Crippen LogP contribution in [0.15, 0.2) is 18.2 Å². The van der Waals surface area contributed by atoms with Crippen molar-refractivity contribution < 1.29 is 0 Å². The van der Waals surface area contributed by atoms with Crippen molar-refractivity contribution in [3.05, 3.63) is 35.0 Å². The van der Waals surface area contributed by atoms with Crippen molar-refractivity contribution >= 4 is 16.6 Å². The minimum absolute atomic E-state index is 0.921. The number of nitrogen functional groups attached to an aromatic ring is 1. The van der Waals surface area contributed by atoms with Crippen LogP contribution in [-0.4, -0.2) is 4.98 Å². The van der Waals surface area contributed by atoms with Gasteiger partial charge in [-0.15, -0.1) is 0 Å². The molecule has 16 heavy (non-hydrogen) atoms. The van der Waals surface area contributed by atoms with Gasteiger partial charge in [0.1, 0.15) is 0 Å². The van der Waals surface area contributed by atoms with Crippen LogP contribution >= 0.6 is 0 Å². The Labute approximate surface area is 95.7 Å². The van der Waals surface area contributed by atoms with Gasteiger partial charge in [-0.05, 0) is 38.0 Å². The molecule has 0 radical (unpaired) electrons. The van der Waals surface area contributed by atoms with E-state index in [1.54, 1.807) is 0 Å². The number of fused-ring (bicyclic) bond motifs is 1. The van der Waals surface area contributed by atoms with E-state index in [0.29, 0.717) is 0 Å². The van der Waals surface area contributed by atoms with E-state index in [-0.39, 0.29) is 0 Å². The number of nitrogens with two attached hydrogens (primary N) is 1. The summed E-state index contributed by atoms with van der Waals surface area (Å²) in [4.78, 5) is 4.65. The van der Waals surface area contributed by atoms with Crippen LogP contribution in [0.2, 0.25) is 0 Å². The third-order valence-corrected chi connectivity index (χ3v) is 2.96. The van der Waals surface area contributed by atoms with Gasteiger partial charge in [0.25, 0.3) is 0 Å². The average molecular weight is 215 g/mol. The summed E-state index contributed by atoms with van der Waals surface area (Å²) in [6.07, 6.45) is 0.921. The molecule has 2 aromatic rings. The number of nitrogens with one attached hydrogen (secondary N) is 1. The maximum atomic E-state index is 5.61. The molecule has 3 N–H and O–H groups in total. The largest absolute Gasteiger partial charge is 0.323 e. The average Bonchev–Trinajstić information content (AvgIpc) is 2.28. The quantitative estimate of drug-likeness (QED) is 0.598. The molecule has 0 bridgehead atoms. The molecule has 0 aliphatic rings. The predicted octanol–water partition coefficient (Wildman–Crippen LogP) is 2.70. The topological polar surface area (TPSA) is 50.9 Å². The number of hydrazine groups is 1. The Morgan fingerprint density at radius 2 is 2.06 bits per heavy atom. The lowest BCUT2D eigenvalue weighted by atomic mass is 10.0. The van der Waals surface area contributed by atoms with Crippen LogP contribution in [-0.2, 0) is 6.42 Å². The maximum absolute atomic E-state index is 5.61. The van der Waals surface area contributed by atoms with Crippen LogP contribution in [0, 0.1) is 13.8 Å². The summed E-state index contributed by atoms with van der Waals surface area (Å²) < 4.78 is 0. The zero-order chi connectivity index (χ0) is 11.7. The Balaban J connectivity index is 2.84. The van der Waals surface area contributed by atoms with Crippen molar-refractivity contribution in [2.24, 2.45) is 5.84 Å². The fourth-order valence-electron chi connectivity index (χ4n) is 2.05. The smallest absolute Gasteiger partial charge is 0.0726 e. The van der Waals surface area contributed by atoms with Gasteiger partial charge in [0, 0.05) is 11.1 Å². The first kappa shape index (κ1) is 10.9. The van der Waals surface area contributed by atoms with Gasteiger partial charge in [0.2, 0.25) is 0 Å². The number of anilines is 1. The van der Waals surface area contributed by atoms with Gasteiger partial charge in [0.15, 0.2) is 0 Å². The minimum atomic E-state index is 0.921. The number of aryl methyl sites for hydroxylation is 2. The SMILES string of the molecule is CCc1nc2ccc(C)cc2c(NN)c1C. The van der Waals surface area contributed by atoms with Gasteiger partial charge < -0.3 is 5.43 Å². The molecule has 0 amide bonds. The number of pyridine rings is 1. The van der Waals surface area contributed by atoms with Crippen LogP contribution in [0.25, 0.3) is 10.9 Å². The van der Waals surface area contributed by atoms with Crippen molar-refractivity contribution in [1.29, 1.82) is 0 Å². The van der Waals surface area contributed by atoms with E-state index in [0.717, 1.165) is 34.3 Å². The van der Waals surface area contributed by atoms with E-state index < -0.39 is 0 Å². The lowest BCUT2D eigenvalue weighted by molar-refractivity contribution is 1.03. The molecule has 84 valence electrons. The number of hydrogen-bond donors (Lipinski definition) is 2. The Morgan fingerprint density at radius 3 is 2.69 bits per heavy atom. The Kier molecular flexibility index (Phi) is 2.79. The second-order valence-electron chi connectivity index (χ2n) is 4.08. The van der Waals surface area contributed by atoms with Gasteiger partial charge in [0.05, 0.1) is 11.2 Å². The van der Waals surface area contributed by atoms with E-state index >= 15 is 0 Å². The molecule has 2 rings (SSSR count). The van der Waals surface area contributed by atoms with Gasteiger partial charge in [-0.1, -0.05) is 18.6 Å². The minimum Gasteiger partial charge on any atom is -0.323 e. The molecule has 0 fully saturated rings. The summed E-state index contributed by atoms with van der Waals surface area (Å²) in [5.74, 6) is 5.61. The first-order chi connectivity index (χ1) is 7.67. The zero-order valence-electron chi connectivity index (χ0n) is 9.96. The molecule has 3 heteroatoms. The molecule has 0 atom stereocenters. The molecule has 3 nitrogen and oxygen atoms in total. The summed E-state index contributed by atoms with van der Waals surface area (Å²) in [5, 5.41) is 1.09. The molecule has 1 aromatic carbocycles. The van der Waals surface area contributed by atoms with Crippen molar-refractivity contribution in [3.8, 4) is 0 Å². The molecule has 1 heterocycles. The number of nitrogens with zero attached hydrogens (tertiary/aromatic N) is 1. The predicted molar refractivity (Wildman–Crippen MR) is 68.4 cm³/mol. The zero-order valence-corrected chi connectivity index (χ0v) is 9.96. The monoisotopic (exact) mass is 215 g/mol. The van der Waals surface area contributed by atoms with Crippen molar-refractivity contribution in [2.45, 2.75) is 27.2 Å². The molecule has 0 spiro atoms. The van der Waals surface area contributed by atoms with E-state index in [4.69, 9.17) is 5.84 Å². The second kappa shape index (κ2) is 4.10. The summed E-state index contributed by atoms with van der Waals surface area (Å²) in [6, 6.07) is 6.23. The Hall–Kier alpha value is -1.61. The molecule has 0 aliphatic heterocycles. The number of hydrogen-bond acceptors (Lipinski definition) is 3. The van der Waals surface area contributed by atoms with E-state index in [2.05, 4.69) is 43.3 Å². The summed E-state index contributed by atoms with van der Waals surface area (Å²) in [6.45, 7) is 6.24. The van der Waals surface area contributed by atoms with Crippen molar-refractivity contribution in [1.82, 2.24) is 4.98 Å². The third-order valence-electron chi connectivity index (χ3n) is 2.96. The first-order valence-electron chi connectivity index (χ1n) is 5.53. The fourth-order valence-corrected chi connectivity index (χ4v) is 2.05. The lowest BCUT2D eigenvalue weighted by Gasteiger charge is -2.13. The molecular weight excluding hydrogens is 198 g/mol. The molecule has 1 aromatic heterocycles. The van der Waals surface area contributed by atoms with Crippen LogP contribution in [0.1, 0.15) is 23.7 Å². The van der Waals surface area contributed by atoms with Crippen molar-refractivity contribution in [3.63, 3.8) is 0 Å². The molecular formula is C13H17N3. The highest BCUT2D eigenvalue weighted by atomic mass is 15.2. The van der Waals surface area contributed by atoms with Gasteiger partial charge in [-0.25, -0.2) is 0 Å². The van der Waals surface area contributed by atoms with Crippen molar-refractivity contribution in [2.75, 3.05) is 5.43 Å². The normalized spacial score (nSPS) is 10.8. The van der Waals surface area contributed by atoms with Gasteiger partial charge in [-0.3, -0.25) is 10.8 Å². The van der Waals surface area contributed by atoms with Gasteiger partial charge in [-0.2, -0.15) is 0 Å². The summed E-state index contributed by atoms with van der Waals surface area (Å²) >= 11 is 0. The van der Waals surface area contributed by atoms with Gasteiger partial charge >= 0.3 is 0 Å². The summed E-state index contributed by atoms with van der Waals surface area (Å²) in [5.41, 5.74) is 8.25. The van der Waals surface area contributed by atoms with Crippen LogP contribution in [0.5, 0.6) is 0 Å². The molecule has 0 saturated carbocycles. The van der Waals surface area contributed by atoms with E-state index in [1.165, 1.54) is 5.56 Å². The Morgan fingerprint density at radius 1 is 1.31 bits per heavy atom. The first-order valence-corrected chi connectivity index (χ1v) is 5.53. The molecule has 0 saturated heterocycles. The Bertz CT molecular complexity index is 532. The summed E-state index contributed by atoms with van der Waals surface area (Å²) in [7, 11) is 0. The molecule has 0 aliphatic carbocycles. The fraction of sp³-hybridized carbons (Fsp3) is 0.308. The number of aromatic nitrogens is 1. The highest BCUT2D eigenvalue weighted by Gasteiger charge is 2.09. The second-order valence-corrected chi connectivity index (χ2v) is 4.08. The molecule has 0 unspecified atom stereocenters. The van der Waals surface area contributed by atoms with Crippen LogP contribution in [0.4, 0.5) is 5.69 Å². The third kappa shape index (κ3) is 1.63. The maximum Gasteiger partial charge on any atom is 0.0726 e. The number of rotatable bonds is 2. The van der Waals surface area contributed by atoms with E-state index in [9.17, 15) is 0 Å². The van der Waals surface area contributed by atoms with Crippen LogP contribution in [0.3, 0.4) is 0 Å². The van der Waals surface area contributed by atoms with Crippen LogP contribution < -0.4 is 11.3 Å². The van der Waals surface area contributed by atoms with E-state index in [1.807, 2.05) is 6.07 Å². The lowest BCUT2D eigenvalue weighted by Crippen LogP contribution is -2.11. The number of benzene rings is 1. The standard InChI is InChI=1S/C13H17N3/c1-4-11-9(3)13(16-14)10-7-8(2)5-6-12(10)15-11/h5-7H,4,14H2,1-3H3,(H,15,16). The highest BCUT2D eigenvalue weighted by Crippen LogP contribution is 2.28. The highest BCUT2D eigenvalue weighted by molar-refractivity contribution is 5.93.